The number of furan rings is 1. The number of aryl methyl sites for hydroxylation is 1. The van der Waals surface area contributed by atoms with Crippen molar-refractivity contribution in [2.75, 3.05) is 0 Å². The second-order valence-corrected chi connectivity index (χ2v) is 12.6. The smallest absolute Gasteiger partial charge is 0.143 e. The predicted octanol–water partition coefficient (Wildman–Crippen LogP) is 12.4. The van der Waals surface area contributed by atoms with Crippen LogP contribution in [0, 0.1) is 0 Å². The summed E-state index contributed by atoms with van der Waals surface area (Å²) in [5.74, 6) is 0. The molecule has 45 heavy (non-hydrogen) atoms. The van der Waals surface area contributed by atoms with Crippen LogP contribution in [-0.4, -0.2) is 0 Å². The molecule has 7 aromatic carbocycles. The van der Waals surface area contributed by atoms with E-state index in [0.29, 0.717) is 0 Å². The van der Waals surface area contributed by atoms with Gasteiger partial charge in [0, 0.05) is 21.7 Å². The molecule has 1 heteroatoms. The zero-order chi connectivity index (χ0) is 29.5. The van der Waals surface area contributed by atoms with Gasteiger partial charge in [0.25, 0.3) is 0 Å². The molecule has 212 valence electrons. The van der Waals surface area contributed by atoms with Gasteiger partial charge in [0.05, 0.1) is 0 Å². The van der Waals surface area contributed by atoms with Crippen molar-refractivity contribution in [3.05, 3.63) is 150 Å². The predicted molar refractivity (Wildman–Crippen MR) is 193 cm³/mol. The molecule has 2 aliphatic rings. The molecule has 8 aromatic rings. The fraction of sp³-hybridized carbons (Fsp3) is 0.0909. The lowest BCUT2D eigenvalue weighted by Gasteiger charge is -2.20. The van der Waals surface area contributed by atoms with Crippen LogP contribution in [0.3, 0.4) is 0 Å². The third-order valence-electron chi connectivity index (χ3n) is 10.2. The zero-order valence-corrected chi connectivity index (χ0v) is 24.9. The highest BCUT2D eigenvalue weighted by atomic mass is 16.3. The van der Waals surface area contributed by atoms with Crippen molar-refractivity contribution >= 4 is 82.3 Å². The van der Waals surface area contributed by atoms with Crippen molar-refractivity contribution in [2.45, 2.75) is 25.7 Å². The third kappa shape index (κ3) is 3.61. The summed E-state index contributed by atoms with van der Waals surface area (Å²) in [5, 5.41) is 12.8. The van der Waals surface area contributed by atoms with E-state index in [0.717, 1.165) is 36.8 Å². The molecule has 0 saturated heterocycles. The topological polar surface area (TPSA) is 13.1 Å². The number of hydrogen-bond acceptors (Lipinski definition) is 1. The fourth-order valence-corrected chi connectivity index (χ4v) is 8.15. The van der Waals surface area contributed by atoms with Crippen molar-refractivity contribution in [1.82, 2.24) is 0 Å². The van der Waals surface area contributed by atoms with Crippen LogP contribution in [0.2, 0.25) is 0 Å². The van der Waals surface area contributed by atoms with Crippen molar-refractivity contribution in [1.29, 1.82) is 0 Å². The Kier molecular flexibility index (Phi) is 5.30. The van der Waals surface area contributed by atoms with Crippen molar-refractivity contribution in [3.63, 3.8) is 0 Å². The van der Waals surface area contributed by atoms with E-state index in [1.165, 1.54) is 87.3 Å². The average Bonchev–Trinajstić information content (AvgIpc) is 3.52. The molecule has 0 spiro atoms. The molecule has 0 atom stereocenters. The van der Waals surface area contributed by atoms with Gasteiger partial charge in [-0.25, -0.2) is 0 Å². The molecule has 0 unspecified atom stereocenters. The molecule has 10 rings (SSSR count). The monoisotopic (exact) mass is 574 g/mol. The first kappa shape index (κ1) is 25.0. The van der Waals surface area contributed by atoms with Gasteiger partial charge in [0.1, 0.15) is 11.2 Å². The van der Waals surface area contributed by atoms with Crippen LogP contribution in [0.15, 0.2) is 132 Å². The van der Waals surface area contributed by atoms with Gasteiger partial charge in [-0.15, -0.1) is 0 Å². The van der Waals surface area contributed by atoms with Crippen molar-refractivity contribution < 1.29 is 4.42 Å². The molecule has 0 N–H and O–H groups in total. The molecule has 0 saturated carbocycles. The Morgan fingerprint density at radius 3 is 2.04 bits per heavy atom. The number of benzene rings is 7. The van der Waals surface area contributed by atoms with E-state index in [-0.39, 0.29) is 0 Å². The second kappa shape index (κ2) is 9.55. The normalized spacial score (nSPS) is 14.9. The molecule has 0 bridgehead atoms. The quantitative estimate of drug-likeness (QED) is 0.187. The maximum atomic E-state index is 6.89. The van der Waals surface area contributed by atoms with Crippen LogP contribution >= 0.6 is 0 Å². The van der Waals surface area contributed by atoms with Crippen LogP contribution in [-0.2, 0) is 6.42 Å². The van der Waals surface area contributed by atoms with Gasteiger partial charge in [-0.2, -0.15) is 0 Å². The fourth-order valence-electron chi connectivity index (χ4n) is 8.15. The van der Waals surface area contributed by atoms with E-state index >= 15 is 0 Å². The zero-order valence-electron chi connectivity index (χ0n) is 24.9. The summed E-state index contributed by atoms with van der Waals surface area (Å²) in [4.78, 5) is 0. The highest BCUT2D eigenvalue weighted by molar-refractivity contribution is 6.30. The maximum absolute atomic E-state index is 6.89. The summed E-state index contributed by atoms with van der Waals surface area (Å²) in [6.07, 6.45) is 13.7. The van der Waals surface area contributed by atoms with Crippen LogP contribution in [0.1, 0.15) is 41.5 Å². The SMILES string of the molecule is C1=Cc2c(c3cc(C4=CCCC(c5cccc6c5oc5c7ccccc7c7ccccc7c65)=C4)ccc3c3ccccc23)CC1. The van der Waals surface area contributed by atoms with E-state index in [9.17, 15) is 0 Å². The molecule has 0 fully saturated rings. The van der Waals surface area contributed by atoms with Gasteiger partial charge in [0.15, 0.2) is 0 Å². The summed E-state index contributed by atoms with van der Waals surface area (Å²) < 4.78 is 6.89. The Morgan fingerprint density at radius 2 is 1.20 bits per heavy atom. The van der Waals surface area contributed by atoms with Crippen LogP contribution < -0.4 is 0 Å². The van der Waals surface area contributed by atoms with Crippen LogP contribution in [0.4, 0.5) is 0 Å². The van der Waals surface area contributed by atoms with E-state index in [1.54, 1.807) is 0 Å². The minimum atomic E-state index is 0.986. The van der Waals surface area contributed by atoms with E-state index in [4.69, 9.17) is 4.42 Å². The summed E-state index contributed by atoms with van der Waals surface area (Å²) in [6.45, 7) is 0. The lowest BCUT2D eigenvalue weighted by Crippen LogP contribution is -1.99. The van der Waals surface area contributed by atoms with E-state index in [1.807, 2.05) is 0 Å². The number of hydrogen-bond donors (Lipinski definition) is 0. The minimum Gasteiger partial charge on any atom is -0.455 e. The summed E-state index contributed by atoms with van der Waals surface area (Å²) >= 11 is 0. The molecule has 1 aromatic heterocycles. The maximum Gasteiger partial charge on any atom is 0.143 e. The van der Waals surface area contributed by atoms with Crippen molar-refractivity contribution in [2.24, 2.45) is 0 Å². The lowest BCUT2D eigenvalue weighted by molar-refractivity contribution is 0.671. The number of allylic oxidation sites excluding steroid dienone is 5. The first-order valence-corrected chi connectivity index (χ1v) is 16.1. The summed E-state index contributed by atoms with van der Waals surface area (Å²) in [6, 6.07) is 40.1. The molecule has 0 aliphatic heterocycles. The molecular weight excluding hydrogens is 544 g/mol. The Labute approximate surface area is 261 Å². The second-order valence-electron chi connectivity index (χ2n) is 12.6. The lowest BCUT2D eigenvalue weighted by atomic mass is 9.84. The van der Waals surface area contributed by atoms with Crippen molar-refractivity contribution in [3.8, 4) is 0 Å². The number of rotatable bonds is 2. The van der Waals surface area contributed by atoms with E-state index < -0.39 is 0 Å². The minimum absolute atomic E-state index is 0.986. The Morgan fingerprint density at radius 1 is 0.511 bits per heavy atom. The van der Waals surface area contributed by atoms with Gasteiger partial charge in [0.2, 0.25) is 0 Å². The molecular formula is C44H30O. The van der Waals surface area contributed by atoms with Crippen LogP contribution in [0.25, 0.3) is 82.3 Å². The van der Waals surface area contributed by atoms with Gasteiger partial charge < -0.3 is 4.42 Å². The van der Waals surface area contributed by atoms with Gasteiger partial charge in [-0.1, -0.05) is 127 Å². The standard InChI is InChI=1S/C44H30O/c1-2-15-33-31(13-1)32-14-3-4-18-36(32)41-26-28(23-24-37(33)41)27-11-9-12-29(25-27)30-21-10-22-40-42-38-19-7-5-16-34(38)35-17-6-8-20-39(35)44(42)45-43(30)40/h1-3,5-8,10-11,13-17,19-26H,4,9,12,18H2. The number of para-hydroxylation sites is 1. The molecule has 1 heterocycles. The van der Waals surface area contributed by atoms with Gasteiger partial charge in [-0.05, 0) is 97.3 Å². The third-order valence-corrected chi connectivity index (χ3v) is 10.2. The molecule has 2 aliphatic carbocycles. The number of fused-ring (bicyclic) bond motifs is 14. The Bertz CT molecular complexity index is 2640. The Hall–Kier alpha value is -5.40. The first-order chi connectivity index (χ1) is 22.3. The first-order valence-electron chi connectivity index (χ1n) is 16.1. The summed E-state index contributed by atoms with van der Waals surface area (Å²) in [5.41, 5.74) is 10.0. The highest BCUT2D eigenvalue weighted by Gasteiger charge is 2.21. The molecule has 0 amide bonds. The van der Waals surface area contributed by atoms with Crippen LogP contribution in [0.5, 0.6) is 0 Å². The largest absolute Gasteiger partial charge is 0.455 e. The van der Waals surface area contributed by atoms with Gasteiger partial charge in [-0.3, -0.25) is 0 Å². The highest BCUT2D eigenvalue weighted by Crippen LogP contribution is 2.44. The summed E-state index contributed by atoms with van der Waals surface area (Å²) in [7, 11) is 0. The molecule has 0 radical (unpaired) electrons. The van der Waals surface area contributed by atoms with Gasteiger partial charge >= 0.3 is 0 Å². The Balaban J connectivity index is 1.16. The van der Waals surface area contributed by atoms with E-state index in [2.05, 4.69) is 133 Å². The molecule has 1 nitrogen and oxygen atoms in total. The average molecular weight is 575 g/mol.